The first kappa shape index (κ1) is 9.38. The summed E-state index contributed by atoms with van der Waals surface area (Å²) in [4.78, 5) is 0. The third kappa shape index (κ3) is 2.79. The summed E-state index contributed by atoms with van der Waals surface area (Å²) in [6.45, 7) is 2.73. The van der Waals surface area contributed by atoms with E-state index in [4.69, 9.17) is 5.11 Å². The van der Waals surface area contributed by atoms with Crippen LogP contribution in [-0.2, 0) is 0 Å². The highest BCUT2D eigenvalue weighted by atomic mass is 19.3. The number of hydrogen-bond donors (Lipinski definition) is 1. The zero-order chi connectivity index (χ0) is 8.20. The Balaban J connectivity index is 4.12. The minimum absolute atomic E-state index is 0.475. The van der Waals surface area contributed by atoms with Gasteiger partial charge in [0.1, 0.15) is 0 Å². The molecule has 0 fully saturated rings. The molecule has 10 heavy (non-hydrogen) atoms. The summed E-state index contributed by atoms with van der Waals surface area (Å²) in [5.41, 5.74) is -2.14. The lowest BCUT2D eigenvalue weighted by Crippen LogP contribution is -2.31. The molecule has 0 aliphatic heterocycles. The van der Waals surface area contributed by atoms with Crippen LogP contribution in [0.4, 0.5) is 8.78 Å². The van der Waals surface area contributed by atoms with Gasteiger partial charge in [-0.3, -0.25) is 0 Å². The first-order chi connectivity index (χ1) is 4.50. The predicted molar refractivity (Wildman–Crippen MR) is 34.7 cm³/mol. The molecule has 1 nitrogen and oxygen atoms in total. The molecule has 0 saturated heterocycles. The van der Waals surface area contributed by atoms with E-state index in [1.54, 1.807) is 6.92 Å². The van der Waals surface area contributed by atoms with Crippen molar-refractivity contribution in [2.24, 2.45) is 0 Å². The molecule has 0 saturated carbocycles. The van der Waals surface area contributed by atoms with E-state index in [2.05, 4.69) is 11.8 Å². The quantitative estimate of drug-likeness (QED) is 0.557. The van der Waals surface area contributed by atoms with Crippen LogP contribution in [0.3, 0.4) is 0 Å². The Kier molecular flexibility index (Phi) is 3.31. The van der Waals surface area contributed by atoms with Crippen LogP contribution >= 0.6 is 0 Å². The monoisotopic (exact) mass is 148 g/mol. The molecule has 0 bridgehead atoms. The van der Waals surface area contributed by atoms with E-state index in [1.807, 2.05) is 0 Å². The molecule has 0 aromatic heterocycles. The summed E-state index contributed by atoms with van der Waals surface area (Å²) >= 11 is 0. The molecule has 0 rings (SSSR count). The fourth-order valence-corrected chi connectivity index (χ4v) is 0.322. The summed E-state index contributed by atoms with van der Waals surface area (Å²) in [5.74, 6) is 4.45. The molecule has 58 valence electrons. The maximum atomic E-state index is 11.8. The lowest BCUT2D eigenvalue weighted by molar-refractivity contribution is -0.0418. The van der Waals surface area contributed by atoms with Crippen LogP contribution in [0.5, 0.6) is 0 Å². The molecule has 0 amide bonds. The zero-order valence-corrected chi connectivity index (χ0v) is 5.99. The molecule has 0 aliphatic carbocycles. The smallest absolute Gasteiger partial charge is 0.277 e. The fourth-order valence-electron chi connectivity index (χ4n) is 0.322. The van der Waals surface area contributed by atoms with Crippen LogP contribution in [0.25, 0.3) is 0 Å². The van der Waals surface area contributed by atoms with Crippen molar-refractivity contribution in [2.75, 3.05) is 0 Å². The van der Waals surface area contributed by atoms with E-state index in [0.29, 0.717) is 6.42 Å². The number of aliphatic hydroxyl groups is 1. The topological polar surface area (TPSA) is 20.2 Å². The Morgan fingerprint density at radius 3 is 2.40 bits per heavy atom. The summed E-state index contributed by atoms with van der Waals surface area (Å²) in [5, 5.41) is 8.80. The number of rotatable bonds is 1. The molecule has 3 heteroatoms. The molecule has 1 atom stereocenters. The van der Waals surface area contributed by atoms with Gasteiger partial charge in [0.15, 0.2) is 5.60 Å². The third-order valence-corrected chi connectivity index (χ3v) is 0.943. The van der Waals surface area contributed by atoms with Crippen molar-refractivity contribution in [3.63, 3.8) is 0 Å². The van der Waals surface area contributed by atoms with Crippen LogP contribution in [0, 0.1) is 11.8 Å². The first-order valence-electron chi connectivity index (χ1n) is 3.01. The van der Waals surface area contributed by atoms with Gasteiger partial charge in [-0.05, 0) is 6.92 Å². The largest absolute Gasteiger partial charge is 0.372 e. The van der Waals surface area contributed by atoms with Crippen molar-refractivity contribution in [1.82, 2.24) is 0 Å². The van der Waals surface area contributed by atoms with Crippen molar-refractivity contribution in [1.29, 1.82) is 0 Å². The molecule has 0 aromatic carbocycles. The van der Waals surface area contributed by atoms with Crippen molar-refractivity contribution >= 4 is 0 Å². The van der Waals surface area contributed by atoms with Gasteiger partial charge in [0.05, 0.1) is 0 Å². The van der Waals surface area contributed by atoms with E-state index in [0.717, 1.165) is 6.92 Å². The summed E-state index contributed by atoms with van der Waals surface area (Å²) in [6, 6.07) is 0. The third-order valence-electron chi connectivity index (χ3n) is 0.943. The summed E-state index contributed by atoms with van der Waals surface area (Å²) in [6.07, 6.45) is -2.32. The number of hydrogen-bond acceptors (Lipinski definition) is 1. The van der Waals surface area contributed by atoms with E-state index in [1.165, 1.54) is 0 Å². The van der Waals surface area contributed by atoms with Gasteiger partial charge < -0.3 is 5.11 Å². The Bertz CT molecular complexity index is 153. The van der Waals surface area contributed by atoms with Crippen LogP contribution in [0.2, 0.25) is 0 Å². The zero-order valence-electron chi connectivity index (χ0n) is 5.99. The summed E-state index contributed by atoms with van der Waals surface area (Å²) in [7, 11) is 0. The van der Waals surface area contributed by atoms with Crippen molar-refractivity contribution in [3.05, 3.63) is 0 Å². The minimum Gasteiger partial charge on any atom is -0.372 e. The first-order valence-corrected chi connectivity index (χ1v) is 3.01. The van der Waals surface area contributed by atoms with Gasteiger partial charge >= 0.3 is 0 Å². The maximum absolute atomic E-state index is 11.8. The Morgan fingerprint density at radius 1 is 1.60 bits per heavy atom. The fraction of sp³-hybridized carbons (Fsp3) is 0.714. The summed E-state index contributed by atoms with van der Waals surface area (Å²) < 4.78 is 23.6. The second-order valence-corrected chi connectivity index (χ2v) is 2.10. The molecule has 1 N–H and O–H groups in total. The van der Waals surface area contributed by atoms with Crippen LogP contribution < -0.4 is 0 Å². The Hall–Kier alpha value is -0.620. The normalized spacial score (nSPS) is 15.8. The van der Waals surface area contributed by atoms with Gasteiger partial charge in [-0.2, -0.15) is 0 Å². The molecular formula is C7H10F2O. The van der Waals surface area contributed by atoms with Crippen molar-refractivity contribution in [2.45, 2.75) is 32.3 Å². The Labute approximate surface area is 59.1 Å². The van der Waals surface area contributed by atoms with Gasteiger partial charge in [-0.25, -0.2) is 8.78 Å². The molecule has 0 spiro atoms. The van der Waals surface area contributed by atoms with Crippen LogP contribution in [0.1, 0.15) is 20.3 Å². The number of alkyl halides is 2. The lowest BCUT2D eigenvalue weighted by atomic mass is 10.1. The highest BCUT2D eigenvalue weighted by Crippen LogP contribution is 2.12. The van der Waals surface area contributed by atoms with Gasteiger partial charge in [0.2, 0.25) is 0 Å². The second kappa shape index (κ2) is 3.52. The van der Waals surface area contributed by atoms with E-state index < -0.39 is 12.0 Å². The minimum atomic E-state index is -2.80. The second-order valence-electron chi connectivity index (χ2n) is 2.10. The molecular weight excluding hydrogens is 138 g/mol. The van der Waals surface area contributed by atoms with Gasteiger partial charge in [0.25, 0.3) is 6.43 Å². The van der Waals surface area contributed by atoms with E-state index in [-0.39, 0.29) is 0 Å². The van der Waals surface area contributed by atoms with Gasteiger partial charge in [0, 0.05) is 6.42 Å². The van der Waals surface area contributed by atoms with Crippen molar-refractivity contribution < 1.29 is 13.9 Å². The van der Waals surface area contributed by atoms with Crippen LogP contribution in [-0.4, -0.2) is 17.1 Å². The SMILES string of the molecule is CCC#CC(C)(O)C(F)F. The van der Waals surface area contributed by atoms with Gasteiger partial charge in [-0.15, -0.1) is 5.92 Å². The van der Waals surface area contributed by atoms with E-state index in [9.17, 15) is 8.78 Å². The van der Waals surface area contributed by atoms with E-state index >= 15 is 0 Å². The standard InChI is InChI=1S/C7H10F2O/c1-3-4-5-7(2,10)6(8)9/h6,10H,3H2,1-2H3. The highest BCUT2D eigenvalue weighted by Gasteiger charge is 2.29. The van der Waals surface area contributed by atoms with Crippen molar-refractivity contribution in [3.8, 4) is 11.8 Å². The average Bonchev–Trinajstić information content (AvgIpc) is 1.84. The molecule has 0 aromatic rings. The molecule has 0 aliphatic rings. The maximum Gasteiger partial charge on any atom is 0.277 e. The molecule has 0 radical (unpaired) electrons. The number of halogens is 2. The average molecular weight is 148 g/mol. The highest BCUT2D eigenvalue weighted by molar-refractivity contribution is 5.12. The van der Waals surface area contributed by atoms with Gasteiger partial charge in [-0.1, -0.05) is 12.8 Å². The molecule has 0 heterocycles. The molecule has 1 unspecified atom stereocenters. The predicted octanol–water partition coefficient (Wildman–Crippen LogP) is 1.42. The Morgan fingerprint density at radius 2 is 2.10 bits per heavy atom. The van der Waals surface area contributed by atoms with Crippen LogP contribution in [0.15, 0.2) is 0 Å². The lowest BCUT2D eigenvalue weighted by Gasteiger charge is -2.13.